The smallest absolute Gasteiger partial charge is 0.244 e. The van der Waals surface area contributed by atoms with Crippen LogP contribution >= 0.6 is 0 Å². The number of nitrogens with one attached hydrogen (secondary N) is 3. The molecule has 0 aliphatic carbocycles. The molecule has 2 aromatic heterocycles. The minimum absolute atomic E-state index is 0.0153. The second-order valence-electron chi connectivity index (χ2n) is 9.35. The maximum Gasteiger partial charge on any atom is 0.244 e. The third-order valence-corrected chi connectivity index (χ3v) is 8.19. The lowest BCUT2D eigenvalue weighted by molar-refractivity contribution is 0.332. The SMILES string of the molecule is C=Cc1cnc(Nc2ccc3c(c2)C(C)CN(C)CC3)nc1Nc1ccc2nccnc2c1S(=O)(=O)NC. The second kappa shape index (κ2) is 10.4. The van der Waals surface area contributed by atoms with Gasteiger partial charge in [-0.05, 0) is 61.8 Å². The van der Waals surface area contributed by atoms with Gasteiger partial charge in [0.25, 0.3) is 0 Å². The third-order valence-electron chi connectivity index (χ3n) is 6.70. The molecule has 196 valence electrons. The zero-order valence-corrected chi connectivity index (χ0v) is 22.4. The lowest BCUT2D eigenvalue weighted by atomic mass is 9.95. The molecule has 3 N–H and O–H groups in total. The molecule has 1 unspecified atom stereocenters. The molecule has 0 bridgehead atoms. The average Bonchev–Trinajstić information content (AvgIpc) is 3.05. The molecule has 10 nitrogen and oxygen atoms in total. The molecule has 38 heavy (non-hydrogen) atoms. The van der Waals surface area contributed by atoms with Crippen LogP contribution in [0.4, 0.5) is 23.1 Å². The number of sulfonamides is 1. The normalized spacial score (nSPS) is 16.0. The van der Waals surface area contributed by atoms with Gasteiger partial charge in [-0.3, -0.25) is 9.97 Å². The van der Waals surface area contributed by atoms with E-state index < -0.39 is 10.0 Å². The van der Waals surface area contributed by atoms with Crippen molar-refractivity contribution >= 4 is 50.3 Å². The van der Waals surface area contributed by atoms with Crippen LogP contribution in [0.3, 0.4) is 0 Å². The molecule has 3 heterocycles. The van der Waals surface area contributed by atoms with Crippen LogP contribution < -0.4 is 15.4 Å². The van der Waals surface area contributed by atoms with Crippen molar-refractivity contribution in [1.82, 2.24) is 29.6 Å². The van der Waals surface area contributed by atoms with Crippen LogP contribution in [-0.4, -0.2) is 60.4 Å². The molecule has 0 saturated heterocycles. The molecular formula is C27H30N8O2S. The number of benzene rings is 2. The van der Waals surface area contributed by atoms with E-state index in [0.29, 0.717) is 34.5 Å². The summed E-state index contributed by atoms with van der Waals surface area (Å²) in [6.07, 6.45) is 7.24. The fraction of sp³-hybridized carbons (Fsp3) is 0.259. The molecule has 4 aromatic rings. The number of nitrogens with zero attached hydrogens (tertiary/aromatic N) is 5. The summed E-state index contributed by atoms with van der Waals surface area (Å²) in [6, 6.07) is 9.72. The Morgan fingerprint density at radius 1 is 1.11 bits per heavy atom. The molecule has 0 fully saturated rings. The van der Waals surface area contributed by atoms with Gasteiger partial charge >= 0.3 is 0 Å². The van der Waals surface area contributed by atoms with Crippen molar-refractivity contribution in [1.29, 1.82) is 0 Å². The van der Waals surface area contributed by atoms with E-state index >= 15 is 0 Å². The molecule has 1 aliphatic rings. The van der Waals surface area contributed by atoms with Gasteiger partial charge in [-0.15, -0.1) is 0 Å². The second-order valence-corrected chi connectivity index (χ2v) is 11.2. The standard InChI is InChI=1S/C27H30N8O2S/c1-5-18-15-31-27(32-20-7-6-19-10-13-35(4)16-17(2)21(19)14-20)34-26(18)33-23-9-8-22-24(30-12-11-29-22)25(23)38(36,37)28-3/h5-9,11-12,14-15,17,28H,1,10,13,16H2,2-4H3,(H2,31,32,33,34). The summed E-state index contributed by atoms with van der Waals surface area (Å²) in [6.45, 7) is 8.14. The van der Waals surface area contributed by atoms with Gasteiger partial charge in [-0.2, -0.15) is 4.98 Å². The molecule has 11 heteroatoms. The Kier molecular flexibility index (Phi) is 7.06. The van der Waals surface area contributed by atoms with E-state index in [1.165, 1.54) is 30.6 Å². The lowest BCUT2D eigenvalue weighted by Gasteiger charge is -2.18. The Hall–Kier alpha value is -3.93. The van der Waals surface area contributed by atoms with Gasteiger partial charge in [0, 0.05) is 42.9 Å². The number of hydrogen-bond donors (Lipinski definition) is 3. The van der Waals surface area contributed by atoms with Crippen molar-refractivity contribution in [3.8, 4) is 0 Å². The Balaban J connectivity index is 1.51. The minimum Gasteiger partial charge on any atom is -0.338 e. The average molecular weight is 531 g/mol. The topological polar surface area (TPSA) is 125 Å². The molecule has 1 atom stereocenters. The van der Waals surface area contributed by atoms with Crippen LogP contribution in [0.25, 0.3) is 17.1 Å². The summed E-state index contributed by atoms with van der Waals surface area (Å²) in [5, 5.41) is 6.47. The van der Waals surface area contributed by atoms with Crippen LogP contribution in [0.2, 0.25) is 0 Å². The molecular weight excluding hydrogens is 500 g/mol. The summed E-state index contributed by atoms with van der Waals surface area (Å²) < 4.78 is 28.4. The fourth-order valence-corrected chi connectivity index (χ4v) is 5.79. The van der Waals surface area contributed by atoms with Crippen LogP contribution in [0.1, 0.15) is 29.5 Å². The highest BCUT2D eigenvalue weighted by molar-refractivity contribution is 7.89. The Morgan fingerprint density at radius 3 is 2.71 bits per heavy atom. The highest BCUT2D eigenvalue weighted by Crippen LogP contribution is 2.32. The molecule has 0 saturated carbocycles. The Morgan fingerprint density at radius 2 is 1.92 bits per heavy atom. The monoisotopic (exact) mass is 530 g/mol. The van der Waals surface area contributed by atoms with Crippen molar-refractivity contribution in [2.24, 2.45) is 0 Å². The van der Waals surface area contributed by atoms with Crippen LogP contribution in [0.5, 0.6) is 0 Å². The summed E-state index contributed by atoms with van der Waals surface area (Å²) in [7, 11) is -0.368. The van der Waals surface area contributed by atoms with Crippen molar-refractivity contribution in [3.63, 3.8) is 0 Å². The first kappa shape index (κ1) is 25.7. The Bertz CT molecular complexity index is 1620. The zero-order chi connectivity index (χ0) is 26.9. The third kappa shape index (κ3) is 5.08. The van der Waals surface area contributed by atoms with Crippen molar-refractivity contribution < 1.29 is 8.42 Å². The van der Waals surface area contributed by atoms with Crippen LogP contribution in [0, 0.1) is 0 Å². The number of anilines is 4. The van der Waals surface area contributed by atoms with E-state index in [9.17, 15) is 8.42 Å². The minimum atomic E-state index is -3.88. The predicted molar refractivity (Wildman–Crippen MR) is 151 cm³/mol. The number of rotatable bonds is 7. The summed E-state index contributed by atoms with van der Waals surface area (Å²) in [5.74, 6) is 1.18. The summed E-state index contributed by atoms with van der Waals surface area (Å²) in [4.78, 5) is 20.0. The highest BCUT2D eigenvalue weighted by atomic mass is 32.2. The quantitative estimate of drug-likeness (QED) is 0.324. The molecule has 0 spiro atoms. The van der Waals surface area contributed by atoms with Gasteiger partial charge in [0.2, 0.25) is 16.0 Å². The lowest BCUT2D eigenvalue weighted by Crippen LogP contribution is -2.22. The summed E-state index contributed by atoms with van der Waals surface area (Å²) >= 11 is 0. The maximum atomic E-state index is 13.0. The predicted octanol–water partition coefficient (Wildman–Crippen LogP) is 4.05. The van der Waals surface area contributed by atoms with E-state index in [4.69, 9.17) is 0 Å². The molecule has 0 radical (unpaired) electrons. The molecule has 0 amide bonds. The summed E-state index contributed by atoms with van der Waals surface area (Å²) in [5.41, 5.74) is 5.20. The van der Waals surface area contributed by atoms with Gasteiger partial charge in [0.15, 0.2) is 0 Å². The molecule has 1 aliphatic heterocycles. The highest BCUT2D eigenvalue weighted by Gasteiger charge is 2.23. The van der Waals surface area contributed by atoms with Gasteiger partial charge in [0.05, 0.1) is 11.2 Å². The Labute approximate surface area is 222 Å². The van der Waals surface area contributed by atoms with E-state index in [1.807, 2.05) is 6.07 Å². The van der Waals surface area contributed by atoms with E-state index in [0.717, 1.165) is 25.2 Å². The zero-order valence-electron chi connectivity index (χ0n) is 21.6. The van der Waals surface area contributed by atoms with Gasteiger partial charge in [-0.25, -0.2) is 18.1 Å². The van der Waals surface area contributed by atoms with Crippen molar-refractivity contribution in [3.05, 3.63) is 72.2 Å². The van der Waals surface area contributed by atoms with Crippen LogP contribution in [-0.2, 0) is 16.4 Å². The van der Waals surface area contributed by atoms with E-state index in [1.54, 1.807) is 24.4 Å². The van der Waals surface area contributed by atoms with E-state index in [-0.39, 0.29) is 10.4 Å². The first-order chi connectivity index (χ1) is 18.3. The fourth-order valence-electron chi connectivity index (χ4n) is 4.77. The number of hydrogen-bond acceptors (Lipinski definition) is 9. The first-order valence-electron chi connectivity index (χ1n) is 12.3. The van der Waals surface area contributed by atoms with Crippen molar-refractivity contribution in [2.45, 2.75) is 24.2 Å². The van der Waals surface area contributed by atoms with Crippen molar-refractivity contribution in [2.75, 3.05) is 37.8 Å². The molecule has 5 rings (SSSR count). The maximum absolute atomic E-state index is 13.0. The van der Waals surface area contributed by atoms with Gasteiger partial charge in [-0.1, -0.05) is 25.6 Å². The largest absolute Gasteiger partial charge is 0.338 e. The van der Waals surface area contributed by atoms with Gasteiger partial charge < -0.3 is 15.5 Å². The number of likely N-dealkylation sites (N-methyl/N-ethyl adjacent to an activating group) is 1. The first-order valence-corrected chi connectivity index (χ1v) is 13.8. The molecule has 2 aromatic carbocycles. The van der Waals surface area contributed by atoms with E-state index in [2.05, 4.69) is 72.9 Å². The number of aromatic nitrogens is 4. The van der Waals surface area contributed by atoms with Gasteiger partial charge in [0.1, 0.15) is 16.2 Å². The van der Waals surface area contributed by atoms with Crippen LogP contribution in [0.15, 0.2) is 60.4 Å². The number of fused-ring (bicyclic) bond motifs is 2.